The first-order chi connectivity index (χ1) is 9.32. The van der Waals surface area contributed by atoms with Crippen molar-refractivity contribution >= 4 is 0 Å². The molecule has 0 aromatic heterocycles. The maximum absolute atomic E-state index is 9.70. The third kappa shape index (κ3) is 3.15. The molecule has 0 amide bonds. The van der Waals surface area contributed by atoms with Crippen molar-refractivity contribution in [2.75, 3.05) is 6.61 Å². The molecular weight excluding hydrogens is 252 g/mol. The van der Waals surface area contributed by atoms with Gasteiger partial charge in [0.25, 0.3) is 0 Å². The Morgan fingerprint density at radius 1 is 1.30 bits per heavy atom. The molecule has 1 aliphatic carbocycles. The van der Waals surface area contributed by atoms with Gasteiger partial charge in [-0.15, -0.1) is 0 Å². The maximum atomic E-state index is 9.70. The number of hydrogen-bond donors (Lipinski definition) is 1. The Bertz CT molecular complexity index is 462. The second-order valence-corrected chi connectivity index (χ2v) is 6.61. The molecule has 20 heavy (non-hydrogen) atoms. The van der Waals surface area contributed by atoms with Crippen molar-refractivity contribution in [2.45, 2.75) is 64.8 Å². The molecule has 1 aliphatic rings. The average molecular weight is 278 g/mol. The van der Waals surface area contributed by atoms with Crippen molar-refractivity contribution in [3.8, 4) is 5.75 Å². The fraction of sp³-hybridized carbons (Fsp3) is 0.647. The molecule has 3 atom stereocenters. The second-order valence-electron chi connectivity index (χ2n) is 6.61. The zero-order valence-corrected chi connectivity index (χ0v) is 13.1. The van der Waals surface area contributed by atoms with Gasteiger partial charge in [-0.3, -0.25) is 0 Å². The van der Waals surface area contributed by atoms with Crippen LogP contribution in [0.15, 0.2) is 18.2 Å². The standard InChI is InChI=1S/C17H26O3/c1-6-19-16-13(18)10-15(16)20-14-8-7-12(9-11(14)2)17(3,4)5/h7-9,13,15-16,18H,6,10H2,1-5H3. The predicted molar refractivity (Wildman–Crippen MR) is 80.3 cm³/mol. The summed E-state index contributed by atoms with van der Waals surface area (Å²) in [7, 11) is 0. The van der Waals surface area contributed by atoms with Crippen molar-refractivity contribution in [2.24, 2.45) is 0 Å². The lowest BCUT2D eigenvalue weighted by Gasteiger charge is -2.41. The first-order valence-electron chi connectivity index (χ1n) is 7.40. The molecule has 3 heteroatoms. The van der Waals surface area contributed by atoms with E-state index in [2.05, 4.69) is 39.8 Å². The van der Waals surface area contributed by atoms with Gasteiger partial charge < -0.3 is 14.6 Å². The van der Waals surface area contributed by atoms with Gasteiger partial charge in [0.05, 0.1) is 6.10 Å². The number of aliphatic hydroxyl groups is 1. The van der Waals surface area contributed by atoms with E-state index in [1.165, 1.54) is 5.56 Å². The van der Waals surface area contributed by atoms with E-state index in [9.17, 15) is 5.11 Å². The predicted octanol–water partition coefficient (Wildman–Crippen LogP) is 3.21. The van der Waals surface area contributed by atoms with Gasteiger partial charge in [0.1, 0.15) is 18.0 Å². The third-order valence-corrected chi connectivity index (χ3v) is 3.90. The van der Waals surface area contributed by atoms with Crippen LogP contribution in [0, 0.1) is 6.92 Å². The van der Waals surface area contributed by atoms with Gasteiger partial charge in [-0.05, 0) is 36.5 Å². The van der Waals surface area contributed by atoms with Gasteiger partial charge in [-0.25, -0.2) is 0 Å². The smallest absolute Gasteiger partial charge is 0.130 e. The Morgan fingerprint density at radius 3 is 2.50 bits per heavy atom. The van der Waals surface area contributed by atoms with Gasteiger partial charge in [-0.2, -0.15) is 0 Å². The highest BCUT2D eigenvalue weighted by atomic mass is 16.6. The first-order valence-corrected chi connectivity index (χ1v) is 7.40. The molecule has 1 saturated carbocycles. The van der Waals surface area contributed by atoms with Gasteiger partial charge >= 0.3 is 0 Å². The van der Waals surface area contributed by atoms with Crippen molar-refractivity contribution in [1.82, 2.24) is 0 Å². The Hall–Kier alpha value is -1.06. The van der Waals surface area contributed by atoms with Crippen molar-refractivity contribution in [1.29, 1.82) is 0 Å². The van der Waals surface area contributed by atoms with E-state index in [4.69, 9.17) is 9.47 Å². The summed E-state index contributed by atoms with van der Waals surface area (Å²) >= 11 is 0. The van der Waals surface area contributed by atoms with Crippen molar-refractivity contribution in [3.63, 3.8) is 0 Å². The Labute approximate surface area is 121 Å². The largest absolute Gasteiger partial charge is 0.487 e. The molecule has 0 saturated heterocycles. The Morgan fingerprint density at radius 2 is 2.00 bits per heavy atom. The lowest BCUT2D eigenvalue weighted by molar-refractivity contribution is -0.160. The fourth-order valence-electron chi connectivity index (χ4n) is 2.50. The molecule has 1 aromatic carbocycles. The molecule has 112 valence electrons. The highest BCUT2D eigenvalue weighted by Gasteiger charge is 2.42. The van der Waals surface area contributed by atoms with Crippen LogP contribution in [0.3, 0.4) is 0 Å². The minimum atomic E-state index is -0.394. The molecule has 1 aromatic rings. The van der Waals surface area contributed by atoms with Gasteiger partial charge in [0, 0.05) is 13.0 Å². The van der Waals surface area contributed by atoms with E-state index in [0.29, 0.717) is 13.0 Å². The van der Waals surface area contributed by atoms with E-state index >= 15 is 0 Å². The number of rotatable bonds is 4. The second kappa shape index (κ2) is 5.74. The Balaban J connectivity index is 2.07. The third-order valence-electron chi connectivity index (χ3n) is 3.90. The molecule has 3 nitrogen and oxygen atoms in total. The van der Waals surface area contributed by atoms with Crippen LogP contribution in [0.1, 0.15) is 45.2 Å². The molecule has 3 unspecified atom stereocenters. The molecule has 2 rings (SSSR count). The number of ether oxygens (including phenoxy) is 2. The molecule has 1 fully saturated rings. The minimum Gasteiger partial charge on any atom is -0.487 e. The minimum absolute atomic E-state index is 0.0378. The number of hydrogen-bond acceptors (Lipinski definition) is 3. The average Bonchev–Trinajstić information content (AvgIpc) is 2.36. The SMILES string of the molecule is CCOC1C(O)CC1Oc1ccc(C(C)(C)C)cc1C. The zero-order valence-electron chi connectivity index (χ0n) is 13.1. The highest BCUT2D eigenvalue weighted by molar-refractivity contribution is 5.39. The quantitative estimate of drug-likeness (QED) is 0.919. The number of aryl methyl sites for hydroxylation is 1. The van der Waals surface area contributed by atoms with Crippen LogP contribution in [-0.2, 0) is 10.2 Å². The summed E-state index contributed by atoms with van der Waals surface area (Å²) < 4.78 is 11.5. The van der Waals surface area contributed by atoms with Gasteiger partial charge in [0.2, 0.25) is 0 Å². The molecule has 1 N–H and O–H groups in total. The normalized spacial score (nSPS) is 26.2. The molecule has 0 spiro atoms. The molecule has 0 aliphatic heterocycles. The fourth-order valence-corrected chi connectivity index (χ4v) is 2.50. The summed E-state index contributed by atoms with van der Waals surface area (Å²) in [5.74, 6) is 0.889. The zero-order chi connectivity index (χ0) is 14.9. The van der Waals surface area contributed by atoms with Crippen molar-refractivity contribution < 1.29 is 14.6 Å². The van der Waals surface area contributed by atoms with Crippen LogP contribution in [0.2, 0.25) is 0 Å². The molecule has 0 heterocycles. The first kappa shape index (κ1) is 15.3. The Kier molecular flexibility index (Phi) is 4.40. The molecular formula is C17H26O3. The highest BCUT2D eigenvalue weighted by Crippen LogP contribution is 2.32. The van der Waals surface area contributed by atoms with Crippen molar-refractivity contribution in [3.05, 3.63) is 29.3 Å². The monoisotopic (exact) mass is 278 g/mol. The lowest BCUT2D eigenvalue weighted by atomic mass is 9.86. The summed E-state index contributed by atoms with van der Waals surface area (Å²) in [6.07, 6.45) is 0.0189. The number of aliphatic hydroxyl groups excluding tert-OH is 1. The summed E-state index contributed by atoms with van der Waals surface area (Å²) in [6.45, 7) is 11.2. The summed E-state index contributed by atoms with van der Waals surface area (Å²) in [4.78, 5) is 0. The van der Waals surface area contributed by atoms with Gasteiger partial charge in [-0.1, -0.05) is 32.9 Å². The van der Waals surface area contributed by atoms with Crippen LogP contribution in [0.4, 0.5) is 0 Å². The summed E-state index contributed by atoms with van der Waals surface area (Å²) in [5, 5.41) is 9.70. The summed E-state index contributed by atoms with van der Waals surface area (Å²) in [6, 6.07) is 6.33. The van der Waals surface area contributed by atoms with Crippen LogP contribution >= 0.6 is 0 Å². The van der Waals surface area contributed by atoms with Crippen LogP contribution in [0.5, 0.6) is 5.75 Å². The maximum Gasteiger partial charge on any atom is 0.130 e. The lowest BCUT2D eigenvalue weighted by Crippen LogP contribution is -2.55. The van der Waals surface area contributed by atoms with E-state index in [1.54, 1.807) is 0 Å². The van der Waals surface area contributed by atoms with E-state index in [1.807, 2.05) is 13.0 Å². The van der Waals surface area contributed by atoms with E-state index in [0.717, 1.165) is 11.3 Å². The van der Waals surface area contributed by atoms with E-state index < -0.39 is 6.10 Å². The summed E-state index contributed by atoms with van der Waals surface area (Å²) in [5.41, 5.74) is 2.58. The van der Waals surface area contributed by atoms with E-state index in [-0.39, 0.29) is 17.6 Å². The van der Waals surface area contributed by atoms with Crippen LogP contribution in [0.25, 0.3) is 0 Å². The molecule has 0 radical (unpaired) electrons. The van der Waals surface area contributed by atoms with Gasteiger partial charge in [0.15, 0.2) is 0 Å². The molecule has 0 bridgehead atoms. The van der Waals surface area contributed by atoms with Crippen LogP contribution in [-0.4, -0.2) is 30.0 Å². The topological polar surface area (TPSA) is 38.7 Å². The number of benzene rings is 1. The van der Waals surface area contributed by atoms with Crippen LogP contribution < -0.4 is 4.74 Å².